The highest BCUT2D eigenvalue weighted by Gasteiger charge is 2.03. The molecule has 0 fully saturated rings. The minimum Gasteiger partial charge on any atom is -0.398 e. The molecular weight excluding hydrogens is 226 g/mol. The minimum atomic E-state index is 0.0125. The third-order valence-corrected chi connectivity index (χ3v) is 2.58. The van der Waals surface area contributed by atoms with Crippen LogP contribution in [0.3, 0.4) is 0 Å². The van der Waals surface area contributed by atoms with Gasteiger partial charge in [0.15, 0.2) is 5.78 Å². The maximum Gasteiger partial charge on any atom is 0.160 e. The van der Waals surface area contributed by atoms with Crippen molar-refractivity contribution in [2.45, 2.75) is 6.42 Å². The molecule has 0 amide bonds. The fourth-order valence-corrected chi connectivity index (χ4v) is 1.64. The number of nitrogens with two attached hydrogens (primary N) is 1. The molecule has 1 aromatic heterocycles. The molecule has 0 saturated heterocycles. The van der Waals surface area contributed by atoms with Gasteiger partial charge in [0, 0.05) is 25.4 Å². The topological polar surface area (TPSA) is 60.9 Å². The fourth-order valence-electron chi connectivity index (χ4n) is 1.64. The summed E-state index contributed by atoms with van der Waals surface area (Å²) >= 11 is 0. The molecule has 2 N–H and O–H groups in total. The van der Waals surface area contributed by atoms with Gasteiger partial charge in [-0.15, -0.1) is 0 Å². The highest BCUT2D eigenvalue weighted by molar-refractivity contribution is 5.95. The van der Waals surface area contributed by atoms with Gasteiger partial charge in [0.25, 0.3) is 0 Å². The van der Waals surface area contributed by atoms with Crippen LogP contribution in [0.1, 0.15) is 11.3 Å². The molecule has 0 unspecified atom stereocenters. The summed E-state index contributed by atoms with van der Waals surface area (Å²) in [6.07, 6.45) is 7.10. The second-order valence-corrected chi connectivity index (χ2v) is 4.14. The lowest BCUT2D eigenvalue weighted by Crippen LogP contribution is -2.01. The van der Waals surface area contributed by atoms with E-state index in [9.17, 15) is 4.79 Å². The number of nitrogens with zero attached hydrogens (tertiary/aromatic N) is 2. The third kappa shape index (κ3) is 3.07. The Bertz CT molecular complexity index is 584. The molecule has 0 radical (unpaired) electrons. The molecule has 18 heavy (non-hydrogen) atoms. The Morgan fingerprint density at radius 3 is 2.89 bits per heavy atom. The zero-order valence-electron chi connectivity index (χ0n) is 10.2. The van der Waals surface area contributed by atoms with E-state index in [0.717, 1.165) is 11.3 Å². The molecule has 92 valence electrons. The van der Waals surface area contributed by atoms with E-state index < -0.39 is 0 Å². The summed E-state index contributed by atoms with van der Waals surface area (Å²) in [5.41, 5.74) is 8.06. The van der Waals surface area contributed by atoms with Crippen molar-refractivity contribution in [3.63, 3.8) is 0 Å². The highest BCUT2D eigenvalue weighted by atomic mass is 16.1. The number of imidazole rings is 1. The van der Waals surface area contributed by atoms with E-state index >= 15 is 0 Å². The van der Waals surface area contributed by atoms with Gasteiger partial charge in [-0.05, 0) is 23.8 Å². The van der Waals surface area contributed by atoms with Crippen molar-refractivity contribution in [3.05, 3.63) is 54.1 Å². The number of ketones is 1. The van der Waals surface area contributed by atoms with Gasteiger partial charge in [0.1, 0.15) is 0 Å². The Kier molecular flexibility index (Phi) is 3.57. The van der Waals surface area contributed by atoms with Crippen LogP contribution in [0, 0.1) is 0 Å². The molecule has 0 atom stereocenters. The van der Waals surface area contributed by atoms with Crippen LogP contribution in [-0.2, 0) is 18.3 Å². The molecule has 4 heteroatoms. The fraction of sp³-hybridized carbons (Fsp3) is 0.143. The van der Waals surface area contributed by atoms with Gasteiger partial charge >= 0.3 is 0 Å². The van der Waals surface area contributed by atoms with Crippen molar-refractivity contribution < 1.29 is 4.79 Å². The predicted octanol–water partition coefficient (Wildman–Crippen LogP) is 1.83. The highest BCUT2D eigenvalue weighted by Crippen LogP contribution is 2.11. The Labute approximate surface area is 106 Å². The minimum absolute atomic E-state index is 0.0125. The SMILES string of the molecule is Cn1cnc(/C=C/C(=O)Cc2ccccc2N)c1. The summed E-state index contributed by atoms with van der Waals surface area (Å²) in [6, 6.07) is 7.39. The summed E-state index contributed by atoms with van der Waals surface area (Å²) < 4.78 is 1.83. The molecule has 2 rings (SSSR count). The average molecular weight is 241 g/mol. The van der Waals surface area contributed by atoms with Gasteiger partial charge in [-0.1, -0.05) is 18.2 Å². The first kappa shape index (κ1) is 12.1. The number of anilines is 1. The van der Waals surface area contributed by atoms with Crippen LogP contribution in [0.15, 0.2) is 42.9 Å². The Morgan fingerprint density at radius 2 is 2.22 bits per heavy atom. The van der Waals surface area contributed by atoms with E-state index in [1.807, 2.05) is 36.0 Å². The molecule has 0 saturated carbocycles. The summed E-state index contributed by atoms with van der Waals surface area (Å²) in [4.78, 5) is 15.9. The van der Waals surface area contributed by atoms with E-state index in [2.05, 4.69) is 4.98 Å². The van der Waals surface area contributed by atoms with Crippen molar-refractivity contribution in [2.75, 3.05) is 5.73 Å². The molecule has 4 nitrogen and oxygen atoms in total. The number of para-hydroxylation sites is 1. The lowest BCUT2D eigenvalue weighted by Gasteiger charge is -2.01. The summed E-state index contributed by atoms with van der Waals surface area (Å²) in [6.45, 7) is 0. The number of allylic oxidation sites excluding steroid dienone is 1. The van der Waals surface area contributed by atoms with E-state index in [-0.39, 0.29) is 5.78 Å². The van der Waals surface area contributed by atoms with Crippen LogP contribution < -0.4 is 5.73 Å². The van der Waals surface area contributed by atoms with Crippen LogP contribution in [0.25, 0.3) is 6.08 Å². The van der Waals surface area contributed by atoms with E-state index in [1.54, 1.807) is 18.5 Å². The largest absolute Gasteiger partial charge is 0.398 e. The van der Waals surface area contributed by atoms with Gasteiger partial charge in [0.05, 0.1) is 12.0 Å². The van der Waals surface area contributed by atoms with Crippen molar-refractivity contribution in [1.29, 1.82) is 0 Å². The number of carbonyl (C=O) groups excluding carboxylic acids is 1. The molecule has 0 bridgehead atoms. The van der Waals surface area contributed by atoms with Crippen LogP contribution in [0.4, 0.5) is 5.69 Å². The van der Waals surface area contributed by atoms with Crippen LogP contribution >= 0.6 is 0 Å². The number of nitrogen functional groups attached to an aromatic ring is 1. The molecule has 2 aromatic rings. The number of aryl methyl sites for hydroxylation is 1. The molecular formula is C14H15N3O. The summed E-state index contributed by atoms with van der Waals surface area (Å²) in [5, 5.41) is 0. The quantitative estimate of drug-likeness (QED) is 0.656. The van der Waals surface area contributed by atoms with Crippen LogP contribution in [-0.4, -0.2) is 15.3 Å². The first-order chi connectivity index (χ1) is 8.65. The normalized spacial score (nSPS) is 10.9. The molecule has 0 aliphatic rings. The number of hydrogen-bond acceptors (Lipinski definition) is 3. The molecule has 0 aliphatic heterocycles. The van der Waals surface area contributed by atoms with Gasteiger partial charge in [-0.25, -0.2) is 4.98 Å². The summed E-state index contributed by atoms with van der Waals surface area (Å²) in [5.74, 6) is 0.0125. The molecule has 1 aromatic carbocycles. The first-order valence-corrected chi connectivity index (χ1v) is 5.67. The van der Waals surface area contributed by atoms with E-state index in [1.165, 1.54) is 6.08 Å². The van der Waals surface area contributed by atoms with Crippen LogP contribution in [0.2, 0.25) is 0 Å². The zero-order chi connectivity index (χ0) is 13.0. The lowest BCUT2D eigenvalue weighted by atomic mass is 10.1. The smallest absolute Gasteiger partial charge is 0.160 e. The number of aromatic nitrogens is 2. The second kappa shape index (κ2) is 5.31. The second-order valence-electron chi connectivity index (χ2n) is 4.14. The molecule has 0 spiro atoms. The lowest BCUT2D eigenvalue weighted by molar-refractivity contribution is -0.113. The average Bonchev–Trinajstić information content (AvgIpc) is 2.76. The third-order valence-electron chi connectivity index (χ3n) is 2.58. The molecule has 0 aliphatic carbocycles. The van der Waals surface area contributed by atoms with Gasteiger partial charge in [-0.3, -0.25) is 4.79 Å². The Balaban J connectivity index is 2.01. The number of rotatable bonds is 4. The van der Waals surface area contributed by atoms with E-state index in [4.69, 9.17) is 5.73 Å². The van der Waals surface area contributed by atoms with Gasteiger partial charge in [0.2, 0.25) is 0 Å². The van der Waals surface area contributed by atoms with Crippen molar-refractivity contribution in [2.24, 2.45) is 7.05 Å². The standard InChI is InChI=1S/C14H15N3O/c1-17-9-12(16-10-17)6-7-13(18)8-11-4-2-3-5-14(11)15/h2-7,9-10H,8,15H2,1H3/b7-6+. The monoisotopic (exact) mass is 241 g/mol. The van der Waals surface area contributed by atoms with Crippen molar-refractivity contribution in [3.8, 4) is 0 Å². The van der Waals surface area contributed by atoms with Gasteiger partial charge in [-0.2, -0.15) is 0 Å². The van der Waals surface area contributed by atoms with Crippen LogP contribution in [0.5, 0.6) is 0 Å². The Morgan fingerprint density at radius 1 is 1.44 bits per heavy atom. The summed E-state index contributed by atoms with van der Waals surface area (Å²) in [7, 11) is 1.89. The number of hydrogen-bond donors (Lipinski definition) is 1. The number of carbonyl (C=O) groups is 1. The van der Waals surface area contributed by atoms with E-state index in [0.29, 0.717) is 12.1 Å². The Hall–Kier alpha value is -2.36. The maximum absolute atomic E-state index is 11.8. The maximum atomic E-state index is 11.8. The first-order valence-electron chi connectivity index (χ1n) is 5.67. The van der Waals surface area contributed by atoms with Crippen molar-refractivity contribution >= 4 is 17.5 Å². The van der Waals surface area contributed by atoms with Gasteiger partial charge < -0.3 is 10.3 Å². The predicted molar refractivity (Wildman–Crippen MR) is 71.8 cm³/mol. The van der Waals surface area contributed by atoms with Crippen molar-refractivity contribution in [1.82, 2.24) is 9.55 Å². The number of benzene rings is 1. The zero-order valence-corrected chi connectivity index (χ0v) is 10.2. The molecule has 1 heterocycles.